The largest absolute Gasteiger partial charge is 0.457 e. The number of esters is 1. The molecule has 35 heavy (non-hydrogen) atoms. The standard InChI is InChI=1S/C27H27N3O4S/c1-17-22-24(35-23(17)26(33)34-15-18-8-6-5-7-9-18)28-16-30(25(22)32)14-21(31)29-20-12-10-19(11-13-20)27(2,3)4/h5-13,16H,14-15H2,1-4H3,(H,29,31). The van der Waals surface area contributed by atoms with E-state index in [1.54, 1.807) is 6.92 Å². The van der Waals surface area contributed by atoms with Crippen molar-refractivity contribution in [2.24, 2.45) is 0 Å². The summed E-state index contributed by atoms with van der Waals surface area (Å²) in [7, 11) is 0. The fourth-order valence-corrected chi connectivity index (χ4v) is 4.70. The van der Waals surface area contributed by atoms with E-state index in [2.05, 4.69) is 31.1 Å². The second-order valence-corrected chi connectivity index (χ2v) is 10.4. The summed E-state index contributed by atoms with van der Waals surface area (Å²) >= 11 is 1.12. The number of thiophene rings is 1. The molecule has 0 spiro atoms. The molecule has 8 heteroatoms. The summed E-state index contributed by atoms with van der Waals surface area (Å²) in [5.41, 5.74) is 2.84. The maximum absolute atomic E-state index is 13.1. The molecular weight excluding hydrogens is 462 g/mol. The van der Waals surface area contributed by atoms with Gasteiger partial charge in [0.2, 0.25) is 5.91 Å². The Bertz CT molecular complexity index is 1430. The summed E-state index contributed by atoms with van der Waals surface area (Å²) in [4.78, 5) is 43.5. The van der Waals surface area contributed by atoms with Gasteiger partial charge in [0, 0.05) is 5.69 Å². The summed E-state index contributed by atoms with van der Waals surface area (Å²) in [6, 6.07) is 17.0. The molecule has 4 rings (SSSR count). The zero-order valence-corrected chi connectivity index (χ0v) is 20.9. The fraction of sp³-hybridized carbons (Fsp3) is 0.259. The van der Waals surface area contributed by atoms with Crippen molar-refractivity contribution in [1.29, 1.82) is 0 Å². The summed E-state index contributed by atoms with van der Waals surface area (Å²) in [6.45, 7) is 8.01. The van der Waals surface area contributed by atoms with Gasteiger partial charge in [-0.1, -0.05) is 63.2 Å². The molecule has 0 aliphatic carbocycles. The number of anilines is 1. The van der Waals surface area contributed by atoms with Crippen LogP contribution in [0, 0.1) is 6.92 Å². The van der Waals surface area contributed by atoms with Gasteiger partial charge in [0.1, 0.15) is 22.9 Å². The van der Waals surface area contributed by atoms with Gasteiger partial charge in [-0.2, -0.15) is 0 Å². The number of amides is 1. The van der Waals surface area contributed by atoms with Crippen molar-refractivity contribution < 1.29 is 14.3 Å². The SMILES string of the molecule is Cc1c(C(=O)OCc2ccccc2)sc2ncn(CC(=O)Nc3ccc(C(C)(C)C)cc3)c(=O)c12. The van der Waals surface area contributed by atoms with Crippen LogP contribution in [0.4, 0.5) is 5.69 Å². The lowest BCUT2D eigenvalue weighted by Crippen LogP contribution is -2.28. The Hall–Kier alpha value is -3.78. The molecule has 0 atom stereocenters. The molecule has 1 amide bonds. The Morgan fingerprint density at radius 2 is 1.74 bits per heavy atom. The lowest BCUT2D eigenvalue weighted by atomic mass is 9.87. The first-order valence-corrected chi connectivity index (χ1v) is 12.0. The Balaban J connectivity index is 1.49. The molecule has 180 valence electrons. The highest BCUT2D eigenvalue weighted by molar-refractivity contribution is 7.20. The van der Waals surface area contributed by atoms with E-state index in [9.17, 15) is 14.4 Å². The zero-order chi connectivity index (χ0) is 25.2. The topological polar surface area (TPSA) is 90.3 Å². The molecule has 0 aliphatic heterocycles. The number of carbonyl (C=O) groups is 2. The number of aryl methyl sites for hydroxylation is 1. The summed E-state index contributed by atoms with van der Waals surface area (Å²) in [6.07, 6.45) is 1.34. The smallest absolute Gasteiger partial charge is 0.349 e. The zero-order valence-electron chi connectivity index (χ0n) is 20.1. The van der Waals surface area contributed by atoms with Crippen LogP contribution in [0.2, 0.25) is 0 Å². The summed E-state index contributed by atoms with van der Waals surface area (Å²) in [5.74, 6) is -0.844. The van der Waals surface area contributed by atoms with Crippen LogP contribution in [0.3, 0.4) is 0 Å². The monoisotopic (exact) mass is 489 g/mol. The Kier molecular flexibility index (Phi) is 6.84. The number of fused-ring (bicyclic) bond motifs is 1. The molecule has 2 heterocycles. The molecule has 4 aromatic rings. The molecule has 0 saturated heterocycles. The van der Waals surface area contributed by atoms with Crippen LogP contribution in [-0.4, -0.2) is 21.4 Å². The van der Waals surface area contributed by atoms with Gasteiger partial charge in [0.25, 0.3) is 5.56 Å². The van der Waals surface area contributed by atoms with E-state index < -0.39 is 5.97 Å². The quantitative estimate of drug-likeness (QED) is 0.382. The second kappa shape index (κ2) is 9.84. The van der Waals surface area contributed by atoms with Crippen LogP contribution >= 0.6 is 11.3 Å². The minimum atomic E-state index is -0.503. The molecule has 2 aromatic carbocycles. The minimum absolute atomic E-state index is 0.0160. The number of nitrogens with one attached hydrogen (secondary N) is 1. The highest BCUT2D eigenvalue weighted by Gasteiger charge is 2.21. The van der Waals surface area contributed by atoms with Crippen molar-refractivity contribution in [2.45, 2.75) is 46.3 Å². The van der Waals surface area contributed by atoms with Crippen LogP contribution < -0.4 is 10.9 Å². The first-order chi connectivity index (χ1) is 16.6. The van der Waals surface area contributed by atoms with Gasteiger partial charge < -0.3 is 10.1 Å². The normalized spacial score (nSPS) is 11.4. The highest BCUT2D eigenvalue weighted by atomic mass is 32.1. The number of nitrogens with zero attached hydrogens (tertiary/aromatic N) is 2. The predicted octanol–water partition coefficient (Wildman–Crippen LogP) is 5.06. The second-order valence-electron chi connectivity index (χ2n) is 9.35. The van der Waals surface area contributed by atoms with Crippen LogP contribution in [0.15, 0.2) is 65.7 Å². The van der Waals surface area contributed by atoms with Crippen molar-refractivity contribution in [1.82, 2.24) is 9.55 Å². The van der Waals surface area contributed by atoms with E-state index >= 15 is 0 Å². The average molecular weight is 490 g/mol. The first kappa shape index (κ1) is 24.3. The highest BCUT2D eigenvalue weighted by Crippen LogP contribution is 2.28. The lowest BCUT2D eigenvalue weighted by molar-refractivity contribution is -0.116. The molecule has 0 radical (unpaired) electrons. The van der Waals surface area contributed by atoms with Crippen LogP contribution in [0.5, 0.6) is 0 Å². The van der Waals surface area contributed by atoms with E-state index in [-0.39, 0.29) is 30.0 Å². The van der Waals surface area contributed by atoms with Crippen LogP contribution in [0.1, 0.15) is 47.1 Å². The molecule has 0 aliphatic rings. The molecular formula is C27H27N3O4S. The van der Waals surface area contributed by atoms with Crippen molar-refractivity contribution in [3.8, 4) is 0 Å². The van der Waals surface area contributed by atoms with Crippen LogP contribution in [-0.2, 0) is 28.1 Å². The van der Waals surface area contributed by atoms with Gasteiger partial charge in [-0.25, -0.2) is 9.78 Å². The summed E-state index contributed by atoms with van der Waals surface area (Å²) < 4.78 is 6.68. The van der Waals surface area contributed by atoms with Gasteiger partial charge >= 0.3 is 5.97 Å². The molecule has 0 saturated carbocycles. The van der Waals surface area contributed by atoms with Crippen molar-refractivity contribution in [3.63, 3.8) is 0 Å². The van der Waals surface area contributed by atoms with E-state index in [4.69, 9.17) is 4.74 Å². The Morgan fingerprint density at radius 1 is 1.06 bits per heavy atom. The minimum Gasteiger partial charge on any atom is -0.457 e. The van der Waals surface area contributed by atoms with E-state index in [0.29, 0.717) is 26.3 Å². The first-order valence-electron chi connectivity index (χ1n) is 11.2. The molecule has 2 aromatic heterocycles. The van der Waals surface area contributed by atoms with E-state index in [1.165, 1.54) is 10.9 Å². The molecule has 7 nitrogen and oxygen atoms in total. The van der Waals surface area contributed by atoms with Crippen LogP contribution in [0.25, 0.3) is 10.2 Å². The number of ether oxygens (including phenoxy) is 1. The third-order valence-electron chi connectivity index (χ3n) is 5.66. The number of hydrogen-bond acceptors (Lipinski definition) is 6. The number of carbonyl (C=O) groups excluding carboxylic acids is 2. The number of rotatable bonds is 6. The van der Waals surface area contributed by atoms with E-state index in [0.717, 1.165) is 22.5 Å². The van der Waals surface area contributed by atoms with Crippen molar-refractivity contribution in [3.05, 3.63) is 92.8 Å². The predicted molar refractivity (Wildman–Crippen MR) is 138 cm³/mol. The van der Waals surface area contributed by atoms with Gasteiger partial charge in [0.15, 0.2) is 0 Å². The Morgan fingerprint density at radius 3 is 2.40 bits per heavy atom. The molecule has 0 bridgehead atoms. The number of aromatic nitrogens is 2. The molecule has 0 unspecified atom stereocenters. The summed E-state index contributed by atoms with van der Waals surface area (Å²) in [5, 5.41) is 3.14. The third-order valence-corrected chi connectivity index (χ3v) is 6.84. The maximum atomic E-state index is 13.1. The van der Waals surface area contributed by atoms with E-state index in [1.807, 2.05) is 54.6 Å². The third kappa shape index (κ3) is 5.49. The van der Waals surface area contributed by atoms with Gasteiger partial charge in [-0.15, -0.1) is 11.3 Å². The van der Waals surface area contributed by atoms with Crippen molar-refractivity contribution >= 4 is 39.1 Å². The molecule has 0 fully saturated rings. The van der Waals surface area contributed by atoms with Gasteiger partial charge in [0.05, 0.1) is 11.7 Å². The number of benzene rings is 2. The average Bonchev–Trinajstić information content (AvgIpc) is 3.17. The lowest BCUT2D eigenvalue weighted by Gasteiger charge is -2.19. The van der Waals surface area contributed by atoms with Gasteiger partial charge in [-0.05, 0) is 41.2 Å². The molecule has 1 N–H and O–H groups in total. The van der Waals surface area contributed by atoms with Crippen molar-refractivity contribution in [2.75, 3.05) is 5.32 Å². The maximum Gasteiger partial charge on any atom is 0.349 e. The Labute approximate surface area is 207 Å². The number of hydrogen-bond donors (Lipinski definition) is 1. The fourth-order valence-electron chi connectivity index (χ4n) is 3.66. The van der Waals surface area contributed by atoms with Gasteiger partial charge in [-0.3, -0.25) is 14.2 Å².